The first-order valence-corrected chi connectivity index (χ1v) is 6.24. The average Bonchev–Trinajstić information content (AvgIpc) is 2.62. The Labute approximate surface area is 115 Å². The van der Waals surface area contributed by atoms with Gasteiger partial charge in [-0.15, -0.1) is 0 Å². The molecule has 2 N–H and O–H groups in total. The molecule has 1 aromatic heterocycles. The van der Waals surface area contributed by atoms with E-state index in [1.54, 1.807) is 0 Å². The van der Waals surface area contributed by atoms with Crippen molar-refractivity contribution >= 4 is 35.2 Å². The zero-order chi connectivity index (χ0) is 14.0. The Kier molecular flexibility index (Phi) is 3.84. The zero-order valence-electron chi connectivity index (χ0n) is 10.6. The van der Waals surface area contributed by atoms with Crippen LogP contribution in [0.2, 0.25) is 5.02 Å². The summed E-state index contributed by atoms with van der Waals surface area (Å²) < 4.78 is 0. The van der Waals surface area contributed by atoms with E-state index in [1.165, 1.54) is 13.2 Å². The predicted octanol–water partition coefficient (Wildman–Crippen LogP) is 0.731. The van der Waals surface area contributed by atoms with Crippen molar-refractivity contribution in [3.05, 3.63) is 11.2 Å². The molecule has 1 aliphatic heterocycles. The molecule has 8 heteroatoms. The van der Waals surface area contributed by atoms with Crippen LogP contribution in [0.25, 0.3) is 0 Å². The first-order valence-electron chi connectivity index (χ1n) is 5.86. The van der Waals surface area contributed by atoms with E-state index in [9.17, 15) is 9.59 Å². The Morgan fingerprint density at radius 3 is 2.84 bits per heavy atom. The molecule has 2 amide bonds. The highest BCUT2D eigenvalue weighted by molar-refractivity contribution is 6.32. The van der Waals surface area contributed by atoms with E-state index < -0.39 is 6.04 Å². The van der Waals surface area contributed by atoms with Crippen molar-refractivity contribution < 1.29 is 9.59 Å². The number of likely N-dealkylation sites (N-methyl/N-ethyl adjacent to an activating group) is 1. The molecule has 2 rings (SSSR count). The molecule has 1 aliphatic rings. The largest absolute Gasteiger partial charge is 0.357 e. The summed E-state index contributed by atoms with van der Waals surface area (Å²) in [6.45, 7) is 2.59. The average molecular weight is 284 g/mol. The summed E-state index contributed by atoms with van der Waals surface area (Å²) in [5, 5.41) is 6.13. The number of likely N-dealkylation sites (tertiary alicyclic amines) is 1. The van der Waals surface area contributed by atoms with Gasteiger partial charge in [-0.05, 0) is 6.92 Å². The number of rotatable bonds is 4. The van der Waals surface area contributed by atoms with Crippen LogP contribution in [0, 0.1) is 0 Å². The lowest BCUT2D eigenvalue weighted by atomic mass is 10.2. The molecular formula is C11H14ClN5O2. The van der Waals surface area contributed by atoms with E-state index in [2.05, 4.69) is 20.6 Å². The van der Waals surface area contributed by atoms with Crippen LogP contribution in [0.15, 0.2) is 6.20 Å². The van der Waals surface area contributed by atoms with Gasteiger partial charge in [0, 0.05) is 13.6 Å². The number of carbonyl (C=O) groups excluding carboxylic acids is 2. The fourth-order valence-electron chi connectivity index (χ4n) is 1.74. The minimum Gasteiger partial charge on any atom is -0.357 e. The number of halogens is 1. The van der Waals surface area contributed by atoms with Crippen molar-refractivity contribution in [1.82, 2.24) is 14.9 Å². The monoisotopic (exact) mass is 283 g/mol. The lowest BCUT2D eigenvalue weighted by Gasteiger charge is -2.13. The molecule has 1 aromatic rings. The lowest BCUT2D eigenvalue weighted by Crippen LogP contribution is -2.32. The SMILES string of the molecule is CCNc1ncc(Cl)c(NC2CC(=O)N(C)C2=O)n1. The van der Waals surface area contributed by atoms with E-state index >= 15 is 0 Å². The molecule has 19 heavy (non-hydrogen) atoms. The molecule has 0 saturated carbocycles. The van der Waals surface area contributed by atoms with Gasteiger partial charge in [-0.2, -0.15) is 4.98 Å². The van der Waals surface area contributed by atoms with Gasteiger partial charge >= 0.3 is 0 Å². The van der Waals surface area contributed by atoms with Crippen molar-refractivity contribution in [1.29, 1.82) is 0 Å². The summed E-state index contributed by atoms with van der Waals surface area (Å²) in [6.07, 6.45) is 1.55. The molecule has 0 aromatic carbocycles. The summed E-state index contributed by atoms with van der Waals surface area (Å²) in [4.78, 5) is 32.5. The number of imide groups is 1. The normalized spacial score (nSPS) is 18.9. The third kappa shape index (κ3) is 2.76. The standard InChI is InChI=1S/C11H14ClN5O2/c1-3-13-11-14-5-6(12)9(16-11)15-7-4-8(18)17(2)10(7)19/h5,7H,3-4H2,1-2H3,(H2,13,14,15,16). The van der Waals surface area contributed by atoms with E-state index in [0.29, 0.717) is 23.3 Å². The van der Waals surface area contributed by atoms with Crippen LogP contribution in [0.4, 0.5) is 11.8 Å². The highest BCUT2D eigenvalue weighted by Gasteiger charge is 2.36. The maximum absolute atomic E-state index is 11.8. The van der Waals surface area contributed by atoms with Gasteiger partial charge in [0.2, 0.25) is 11.9 Å². The van der Waals surface area contributed by atoms with Crippen LogP contribution in [0.1, 0.15) is 13.3 Å². The van der Waals surface area contributed by atoms with Crippen LogP contribution in [-0.4, -0.2) is 46.3 Å². The molecule has 7 nitrogen and oxygen atoms in total. The first kappa shape index (κ1) is 13.5. The maximum atomic E-state index is 11.8. The Bertz CT molecular complexity index is 522. The van der Waals surface area contributed by atoms with Crippen molar-refractivity contribution in [3.63, 3.8) is 0 Å². The molecule has 1 fully saturated rings. The van der Waals surface area contributed by atoms with Gasteiger partial charge in [0.1, 0.15) is 11.1 Å². The van der Waals surface area contributed by atoms with Crippen molar-refractivity contribution in [2.45, 2.75) is 19.4 Å². The molecule has 0 spiro atoms. The van der Waals surface area contributed by atoms with E-state index in [1.807, 2.05) is 6.92 Å². The maximum Gasteiger partial charge on any atom is 0.251 e. The zero-order valence-corrected chi connectivity index (χ0v) is 11.4. The number of anilines is 2. The number of carbonyl (C=O) groups is 2. The van der Waals surface area contributed by atoms with Gasteiger partial charge in [-0.1, -0.05) is 11.6 Å². The molecule has 2 heterocycles. The molecule has 0 aliphatic carbocycles. The van der Waals surface area contributed by atoms with Crippen LogP contribution >= 0.6 is 11.6 Å². The Morgan fingerprint density at radius 2 is 2.26 bits per heavy atom. The fourth-order valence-corrected chi connectivity index (χ4v) is 1.89. The summed E-state index contributed by atoms with van der Waals surface area (Å²) in [7, 11) is 1.46. The predicted molar refractivity (Wildman–Crippen MR) is 71.0 cm³/mol. The van der Waals surface area contributed by atoms with E-state index in [0.717, 1.165) is 4.90 Å². The smallest absolute Gasteiger partial charge is 0.251 e. The second-order valence-electron chi connectivity index (χ2n) is 4.11. The molecule has 1 atom stereocenters. The summed E-state index contributed by atoms with van der Waals surface area (Å²) in [5.41, 5.74) is 0. The van der Waals surface area contributed by atoms with Crippen LogP contribution in [0.3, 0.4) is 0 Å². The van der Waals surface area contributed by atoms with Crippen molar-refractivity contribution in [2.75, 3.05) is 24.2 Å². The number of nitrogens with one attached hydrogen (secondary N) is 2. The van der Waals surface area contributed by atoms with Crippen LogP contribution < -0.4 is 10.6 Å². The second kappa shape index (κ2) is 5.40. The second-order valence-corrected chi connectivity index (χ2v) is 4.52. The molecule has 1 saturated heterocycles. The minimum absolute atomic E-state index is 0.103. The van der Waals surface area contributed by atoms with Gasteiger partial charge in [0.25, 0.3) is 5.91 Å². The topological polar surface area (TPSA) is 87.2 Å². The summed E-state index contributed by atoms with van der Waals surface area (Å²) in [5.74, 6) is 0.248. The Hall–Kier alpha value is -1.89. The summed E-state index contributed by atoms with van der Waals surface area (Å²) >= 11 is 5.97. The highest BCUT2D eigenvalue weighted by atomic mass is 35.5. The third-order valence-corrected chi connectivity index (χ3v) is 3.05. The third-order valence-electron chi connectivity index (χ3n) is 2.77. The number of amides is 2. The molecule has 0 radical (unpaired) electrons. The van der Waals surface area contributed by atoms with Gasteiger partial charge in [0.05, 0.1) is 12.6 Å². The lowest BCUT2D eigenvalue weighted by molar-refractivity contribution is -0.136. The molecule has 1 unspecified atom stereocenters. The van der Waals surface area contributed by atoms with Crippen molar-refractivity contribution in [3.8, 4) is 0 Å². The van der Waals surface area contributed by atoms with Crippen LogP contribution in [0.5, 0.6) is 0 Å². The number of hydrogen-bond donors (Lipinski definition) is 2. The Morgan fingerprint density at radius 1 is 1.53 bits per heavy atom. The number of hydrogen-bond acceptors (Lipinski definition) is 6. The van der Waals surface area contributed by atoms with Gasteiger partial charge < -0.3 is 10.6 Å². The Balaban J connectivity index is 2.17. The van der Waals surface area contributed by atoms with E-state index in [4.69, 9.17) is 11.6 Å². The van der Waals surface area contributed by atoms with Crippen molar-refractivity contribution in [2.24, 2.45) is 0 Å². The highest BCUT2D eigenvalue weighted by Crippen LogP contribution is 2.23. The molecule has 102 valence electrons. The van der Waals surface area contributed by atoms with Gasteiger partial charge in [-0.3, -0.25) is 14.5 Å². The number of nitrogens with zero attached hydrogens (tertiary/aromatic N) is 3. The van der Waals surface area contributed by atoms with Gasteiger partial charge in [-0.25, -0.2) is 4.98 Å². The molecule has 0 bridgehead atoms. The quantitative estimate of drug-likeness (QED) is 0.792. The number of aromatic nitrogens is 2. The summed E-state index contributed by atoms with van der Waals surface area (Å²) in [6, 6.07) is -0.626. The first-order chi connectivity index (χ1) is 9.02. The van der Waals surface area contributed by atoms with Gasteiger partial charge in [0.15, 0.2) is 5.82 Å². The fraction of sp³-hybridized carbons (Fsp3) is 0.455. The van der Waals surface area contributed by atoms with Crippen LogP contribution in [-0.2, 0) is 9.59 Å². The van der Waals surface area contributed by atoms with E-state index in [-0.39, 0.29) is 18.2 Å². The molecular weight excluding hydrogens is 270 g/mol. The minimum atomic E-state index is -0.626.